The first-order valence-corrected chi connectivity index (χ1v) is 6.45. The Bertz CT molecular complexity index is 598. The first-order valence-electron chi connectivity index (χ1n) is 5.19. The van der Waals surface area contributed by atoms with Gasteiger partial charge in [0.15, 0.2) is 0 Å². The predicted molar refractivity (Wildman–Crippen MR) is 71.9 cm³/mol. The summed E-state index contributed by atoms with van der Waals surface area (Å²) in [6.07, 6.45) is 0. The zero-order valence-electron chi connectivity index (χ0n) is 9.55. The van der Waals surface area contributed by atoms with Gasteiger partial charge < -0.3 is 10.8 Å². The van der Waals surface area contributed by atoms with Crippen LogP contribution in [0.2, 0.25) is 5.02 Å². The molecule has 0 bridgehead atoms. The summed E-state index contributed by atoms with van der Waals surface area (Å²) in [6, 6.07) is 4.41. The zero-order valence-corrected chi connectivity index (χ0v) is 11.1. The molecule has 0 spiro atoms. The van der Waals surface area contributed by atoms with Crippen LogP contribution < -0.4 is 5.73 Å². The molecule has 2 aromatic rings. The minimum Gasteiger partial charge on any atom is -0.480 e. The Labute approximate surface area is 113 Å². The van der Waals surface area contributed by atoms with Crippen LogP contribution in [0.1, 0.15) is 17.3 Å². The van der Waals surface area contributed by atoms with E-state index in [1.807, 2.05) is 19.1 Å². The summed E-state index contributed by atoms with van der Waals surface area (Å²) < 4.78 is 0. The summed E-state index contributed by atoms with van der Waals surface area (Å²) >= 11 is 7.26. The van der Waals surface area contributed by atoms with Crippen molar-refractivity contribution in [2.24, 2.45) is 5.73 Å². The molecule has 0 amide bonds. The lowest BCUT2D eigenvalue weighted by molar-refractivity contribution is -0.138. The van der Waals surface area contributed by atoms with Crippen LogP contribution in [-0.4, -0.2) is 16.1 Å². The molecule has 0 aliphatic rings. The highest BCUT2D eigenvalue weighted by Gasteiger charge is 2.18. The maximum Gasteiger partial charge on any atom is 0.326 e. The highest BCUT2D eigenvalue weighted by atomic mass is 35.5. The molecule has 3 N–H and O–H groups in total. The Balaban J connectivity index is 2.38. The van der Waals surface area contributed by atoms with Crippen molar-refractivity contribution in [3.05, 3.63) is 39.9 Å². The SMILES string of the molecule is Cc1cc(Cl)ccc1-c1nc(C(N)C(=O)O)cs1. The second-order valence-electron chi connectivity index (χ2n) is 3.85. The average molecular weight is 283 g/mol. The van der Waals surface area contributed by atoms with Gasteiger partial charge in [0.25, 0.3) is 0 Å². The zero-order chi connectivity index (χ0) is 13.3. The van der Waals surface area contributed by atoms with E-state index in [2.05, 4.69) is 4.98 Å². The number of nitrogens with two attached hydrogens (primary N) is 1. The summed E-state index contributed by atoms with van der Waals surface area (Å²) in [5.41, 5.74) is 7.82. The number of aliphatic carboxylic acids is 1. The smallest absolute Gasteiger partial charge is 0.326 e. The van der Waals surface area contributed by atoms with Crippen LogP contribution in [0.15, 0.2) is 23.6 Å². The molecule has 1 aromatic heterocycles. The molecule has 0 aliphatic carbocycles. The lowest BCUT2D eigenvalue weighted by Crippen LogP contribution is -2.20. The van der Waals surface area contributed by atoms with E-state index < -0.39 is 12.0 Å². The minimum atomic E-state index is -1.08. The van der Waals surface area contributed by atoms with Crippen molar-refractivity contribution in [1.29, 1.82) is 0 Å². The summed E-state index contributed by atoms with van der Waals surface area (Å²) in [5, 5.41) is 11.9. The van der Waals surface area contributed by atoms with Crippen molar-refractivity contribution in [3.63, 3.8) is 0 Å². The first-order chi connectivity index (χ1) is 8.49. The Morgan fingerprint density at radius 3 is 2.89 bits per heavy atom. The number of benzene rings is 1. The lowest BCUT2D eigenvalue weighted by atomic mass is 10.1. The van der Waals surface area contributed by atoms with E-state index in [0.29, 0.717) is 10.7 Å². The van der Waals surface area contributed by atoms with Crippen molar-refractivity contribution >= 4 is 28.9 Å². The third-order valence-corrected chi connectivity index (χ3v) is 3.65. The minimum absolute atomic E-state index is 0.372. The molecule has 0 fully saturated rings. The van der Waals surface area contributed by atoms with Crippen LogP contribution in [0, 0.1) is 6.92 Å². The van der Waals surface area contributed by atoms with E-state index in [1.54, 1.807) is 11.4 Å². The standard InChI is InChI=1S/C12H11ClN2O2S/c1-6-4-7(13)2-3-8(6)11-15-9(5-18-11)10(14)12(16)17/h2-5,10H,14H2,1H3,(H,16,17). The molecular formula is C12H11ClN2O2S. The fraction of sp³-hybridized carbons (Fsp3) is 0.167. The molecule has 4 nitrogen and oxygen atoms in total. The van der Waals surface area contributed by atoms with E-state index >= 15 is 0 Å². The van der Waals surface area contributed by atoms with Crippen LogP contribution in [-0.2, 0) is 4.79 Å². The van der Waals surface area contributed by atoms with Crippen molar-refractivity contribution < 1.29 is 9.90 Å². The van der Waals surface area contributed by atoms with Crippen molar-refractivity contribution in [1.82, 2.24) is 4.98 Å². The maximum absolute atomic E-state index is 10.8. The van der Waals surface area contributed by atoms with Crippen molar-refractivity contribution in [3.8, 4) is 10.6 Å². The van der Waals surface area contributed by atoms with Gasteiger partial charge in [0.05, 0.1) is 5.69 Å². The normalized spacial score (nSPS) is 12.4. The van der Waals surface area contributed by atoms with Gasteiger partial charge in [-0.15, -0.1) is 11.3 Å². The Morgan fingerprint density at radius 1 is 1.56 bits per heavy atom. The van der Waals surface area contributed by atoms with E-state index in [9.17, 15) is 4.79 Å². The fourth-order valence-corrected chi connectivity index (χ4v) is 2.72. The lowest BCUT2D eigenvalue weighted by Gasteiger charge is -2.03. The van der Waals surface area contributed by atoms with E-state index in [4.69, 9.17) is 22.4 Å². The van der Waals surface area contributed by atoms with Gasteiger partial charge in [-0.25, -0.2) is 4.98 Å². The number of carboxylic acid groups (broad SMARTS) is 1. The van der Waals surface area contributed by atoms with Gasteiger partial charge in [-0.2, -0.15) is 0 Å². The number of carbonyl (C=O) groups is 1. The molecule has 0 saturated carbocycles. The summed E-state index contributed by atoms with van der Waals surface area (Å²) in [6.45, 7) is 1.93. The number of hydrogen-bond acceptors (Lipinski definition) is 4. The van der Waals surface area contributed by atoms with Gasteiger partial charge in [0.1, 0.15) is 11.0 Å². The van der Waals surface area contributed by atoms with Gasteiger partial charge in [-0.3, -0.25) is 4.79 Å². The molecule has 1 aromatic carbocycles. The van der Waals surface area contributed by atoms with Gasteiger partial charge in [-0.05, 0) is 24.6 Å². The van der Waals surface area contributed by atoms with E-state index in [0.717, 1.165) is 16.1 Å². The second kappa shape index (κ2) is 5.06. The summed E-state index contributed by atoms with van der Waals surface area (Å²) in [4.78, 5) is 15.0. The number of halogens is 1. The van der Waals surface area contributed by atoms with Gasteiger partial charge in [0.2, 0.25) is 0 Å². The predicted octanol–water partition coefficient (Wildman–Crippen LogP) is 2.86. The molecule has 0 aliphatic heterocycles. The van der Waals surface area contributed by atoms with Crippen molar-refractivity contribution in [2.45, 2.75) is 13.0 Å². The highest BCUT2D eigenvalue weighted by Crippen LogP contribution is 2.29. The number of rotatable bonds is 3. The Hall–Kier alpha value is -1.43. The Kier molecular flexibility index (Phi) is 3.65. The van der Waals surface area contributed by atoms with Crippen LogP contribution in [0.3, 0.4) is 0 Å². The molecule has 1 atom stereocenters. The topological polar surface area (TPSA) is 76.2 Å². The van der Waals surface area contributed by atoms with Crippen LogP contribution in [0.25, 0.3) is 10.6 Å². The van der Waals surface area contributed by atoms with E-state index in [-0.39, 0.29) is 0 Å². The molecule has 2 rings (SSSR count). The van der Waals surface area contributed by atoms with Gasteiger partial charge in [-0.1, -0.05) is 17.7 Å². The largest absolute Gasteiger partial charge is 0.480 e. The molecule has 18 heavy (non-hydrogen) atoms. The number of aryl methyl sites for hydroxylation is 1. The van der Waals surface area contributed by atoms with Gasteiger partial charge in [0, 0.05) is 16.0 Å². The number of hydrogen-bond donors (Lipinski definition) is 2. The second-order valence-corrected chi connectivity index (χ2v) is 5.15. The highest BCUT2D eigenvalue weighted by molar-refractivity contribution is 7.13. The van der Waals surface area contributed by atoms with Crippen LogP contribution in [0.4, 0.5) is 0 Å². The number of nitrogens with zero attached hydrogens (tertiary/aromatic N) is 1. The third kappa shape index (κ3) is 2.53. The molecule has 94 valence electrons. The number of aromatic nitrogens is 1. The monoisotopic (exact) mass is 282 g/mol. The quantitative estimate of drug-likeness (QED) is 0.907. The number of thiazole rings is 1. The maximum atomic E-state index is 10.8. The summed E-state index contributed by atoms with van der Waals surface area (Å²) in [7, 11) is 0. The van der Waals surface area contributed by atoms with E-state index in [1.165, 1.54) is 11.3 Å². The molecule has 0 saturated heterocycles. The van der Waals surface area contributed by atoms with Crippen LogP contribution >= 0.6 is 22.9 Å². The van der Waals surface area contributed by atoms with Gasteiger partial charge >= 0.3 is 5.97 Å². The number of carboxylic acids is 1. The van der Waals surface area contributed by atoms with Crippen molar-refractivity contribution in [2.75, 3.05) is 0 Å². The third-order valence-electron chi connectivity index (χ3n) is 2.53. The molecule has 1 unspecified atom stereocenters. The molecule has 6 heteroatoms. The Morgan fingerprint density at radius 2 is 2.28 bits per heavy atom. The molecular weight excluding hydrogens is 272 g/mol. The average Bonchev–Trinajstić information content (AvgIpc) is 2.77. The summed E-state index contributed by atoms with van der Waals surface area (Å²) in [5.74, 6) is -1.08. The molecule has 0 radical (unpaired) electrons. The fourth-order valence-electron chi connectivity index (χ4n) is 1.55. The first kappa shape index (κ1) is 13.0. The molecule has 1 heterocycles. The van der Waals surface area contributed by atoms with Crippen LogP contribution in [0.5, 0.6) is 0 Å².